The smallest absolute Gasteiger partial charge is 0.236 e. The van der Waals surface area contributed by atoms with Crippen LogP contribution in [-0.4, -0.2) is 155 Å². The van der Waals surface area contributed by atoms with Gasteiger partial charge in [0.1, 0.15) is 12.4 Å². The maximum absolute atomic E-state index is 12.8. The van der Waals surface area contributed by atoms with Crippen LogP contribution >= 0.6 is 0 Å². The molecule has 0 aromatic heterocycles. The van der Waals surface area contributed by atoms with Crippen molar-refractivity contribution in [2.24, 2.45) is 45.9 Å². The number of aryl methyl sites for hydroxylation is 1. The van der Waals surface area contributed by atoms with Crippen LogP contribution in [0, 0.1) is 6.92 Å². The van der Waals surface area contributed by atoms with Crippen LogP contribution in [0.1, 0.15) is 134 Å². The lowest BCUT2D eigenvalue weighted by Crippen LogP contribution is -2.43. The molecule has 0 unspecified atom stereocenters. The highest BCUT2D eigenvalue weighted by Gasteiger charge is 2.18. The molecule has 1 aromatic rings. The molecule has 0 aliphatic heterocycles. The molecule has 1 aromatic carbocycles. The maximum Gasteiger partial charge on any atom is 0.236 e. The summed E-state index contributed by atoms with van der Waals surface area (Å²) in [5, 5.41) is 17.3. The Labute approximate surface area is 436 Å². The quantitative estimate of drug-likeness (QED) is 0.0350. The van der Waals surface area contributed by atoms with E-state index in [0.29, 0.717) is 181 Å². The van der Waals surface area contributed by atoms with E-state index in [0.717, 1.165) is 37.0 Å². The first-order chi connectivity index (χ1) is 35.1. The number of hydrogen-bond donors (Lipinski definition) is 14. The highest BCUT2D eigenvalue weighted by atomic mass is 16.5. The molecule has 0 heterocycles. The number of hydrogen-bond acceptors (Lipinski definition) is 16. The Hall–Kier alpha value is -4.52. The van der Waals surface area contributed by atoms with Crippen molar-refractivity contribution in [1.82, 2.24) is 36.8 Å². The van der Waals surface area contributed by atoms with Gasteiger partial charge in [0.05, 0.1) is 36.3 Å². The SMILES string of the molecule is Cc1ccc(OCCN(CCCNC(=O)[C@@H](N)CCCCNC(=O)[C@@H](N)CCCCNC(=O)[C@@H](N)CCCCN)CCCNC(=O)[C@@H](N)CCCCNC(=O)[C@@H](N)CCCCNC(=O)[C@@H](N)CCCCN)cc1. The predicted octanol–water partition coefficient (Wildman–Crippen LogP) is -0.944. The number of nitrogens with one attached hydrogen (secondary N) is 6. The van der Waals surface area contributed by atoms with Crippen LogP contribution in [0.3, 0.4) is 0 Å². The normalized spacial score (nSPS) is 13.8. The number of benzene rings is 1. The topological polar surface area (TPSA) is 395 Å². The van der Waals surface area contributed by atoms with Crippen molar-refractivity contribution >= 4 is 35.4 Å². The van der Waals surface area contributed by atoms with Crippen molar-refractivity contribution in [3.8, 4) is 5.75 Å². The van der Waals surface area contributed by atoms with Crippen LogP contribution < -0.4 is 82.5 Å². The summed E-state index contributed by atoms with van der Waals surface area (Å²) in [6.45, 7) is 8.38. The first kappa shape index (κ1) is 66.5. The van der Waals surface area contributed by atoms with Gasteiger partial charge in [0.15, 0.2) is 0 Å². The van der Waals surface area contributed by atoms with Crippen molar-refractivity contribution in [2.75, 3.05) is 78.6 Å². The van der Waals surface area contributed by atoms with Crippen LogP contribution in [0.2, 0.25) is 0 Å². The molecular formula is C51H99N15O7. The van der Waals surface area contributed by atoms with Crippen LogP contribution in [0.25, 0.3) is 0 Å². The summed E-state index contributed by atoms with van der Waals surface area (Å²) in [7, 11) is 0. The molecule has 0 fully saturated rings. The molecule has 0 aliphatic carbocycles. The summed E-state index contributed by atoms with van der Waals surface area (Å²) < 4.78 is 5.99. The number of ether oxygens (including phenoxy) is 1. The molecule has 0 bridgehead atoms. The summed E-state index contributed by atoms with van der Waals surface area (Å²) in [6.07, 6.45) is 13.2. The molecule has 22 nitrogen and oxygen atoms in total. The molecule has 6 amide bonds. The minimum Gasteiger partial charge on any atom is -0.492 e. The summed E-state index contributed by atoms with van der Waals surface area (Å²) in [5.74, 6) is -0.485. The summed E-state index contributed by atoms with van der Waals surface area (Å²) in [4.78, 5) is 76.9. The number of nitrogens with two attached hydrogens (primary N) is 8. The van der Waals surface area contributed by atoms with Crippen molar-refractivity contribution in [3.63, 3.8) is 0 Å². The average Bonchev–Trinajstić information content (AvgIpc) is 3.37. The fraction of sp³-hybridized carbons (Fsp3) is 0.765. The van der Waals surface area contributed by atoms with Crippen molar-refractivity contribution < 1.29 is 33.5 Å². The Kier molecular flexibility index (Phi) is 39.0. The molecule has 22 N–H and O–H groups in total. The van der Waals surface area contributed by atoms with E-state index >= 15 is 0 Å². The molecule has 0 saturated heterocycles. The van der Waals surface area contributed by atoms with Gasteiger partial charge in [-0.1, -0.05) is 30.5 Å². The lowest BCUT2D eigenvalue weighted by molar-refractivity contribution is -0.123. The lowest BCUT2D eigenvalue weighted by atomic mass is 10.1. The predicted molar refractivity (Wildman–Crippen MR) is 289 cm³/mol. The zero-order valence-corrected chi connectivity index (χ0v) is 44.3. The van der Waals surface area contributed by atoms with E-state index in [9.17, 15) is 28.8 Å². The van der Waals surface area contributed by atoms with E-state index in [-0.39, 0.29) is 35.4 Å². The molecule has 0 radical (unpaired) electrons. The number of carbonyl (C=O) groups excluding carboxylic acids is 6. The maximum atomic E-state index is 12.8. The van der Waals surface area contributed by atoms with Gasteiger partial charge in [-0.05, 0) is 161 Å². The van der Waals surface area contributed by atoms with Gasteiger partial charge in [0, 0.05) is 45.8 Å². The molecule has 22 heteroatoms. The van der Waals surface area contributed by atoms with Crippen LogP contribution in [0.4, 0.5) is 0 Å². The zero-order valence-electron chi connectivity index (χ0n) is 44.3. The second kappa shape index (κ2) is 42.8. The third-order valence-corrected chi connectivity index (χ3v) is 12.5. The van der Waals surface area contributed by atoms with Crippen molar-refractivity contribution in [2.45, 2.75) is 172 Å². The minimum absolute atomic E-state index is 0.179. The van der Waals surface area contributed by atoms with E-state index in [1.54, 1.807) is 0 Å². The summed E-state index contributed by atoms with van der Waals surface area (Å²) >= 11 is 0. The molecular weight excluding hydrogens is 935 g/mol. The largest absolute Gasteiger partial charge is 0.492 e. The fourth-order valence-electron chi connectivity index (χ4n) is 7.68. The minimum atomic E-state index is -0.671. The Morgan fingerprint density at radius 1 is 0.397 bits per heavy atom. The van der Waals surface area contributed by atoms with E-state index in [1.165, 1.54) is 0 Å². The average molecular weight is 1030 g/mol. The van der Waals surface area contributed by atoms with Gasteiger partial charge in [-0.15, -0.1) is 0 Å². The van der Waals surface area contributed by atoms with E-state index in [4.69, 9.17) is 50.6 Å². The number of amides is 6. The molecule has 420 valence electrons. The van der Waals surface area contributed by atoms with E-state index < -0.39 is 36.3 Å². The second-order valence-electron chi connectivity index (χ2n) is 19.1. The Morgan fingerprint density at radius 3 is 0.932 bits per heavy atom. The number of unbranched alkanes of at least 4 members (excludes halogenated alkanes) is 6. The molecule has 6 atom stereocenters. The van der Waals surface area contributed by atoms with Gasteiger partial charge in [0.2, 0.25) is 35.4 Å². The fourth-order valence-corrected chi connectivity index (χ4v) is 7.68. The lowest BCUT2D eigenvalue weighted by Gasteiger charge is -2.23. The molecule has 1 rings (SSSR count). The van der Waals surface area contributed by atoms with Crippen LogP contribution in [0.15, 0.2) is 24.3 Å². The van der Waals surface area contributed by atoms with E-state index in [2.05, 4.69) is 36.8 Å². The van der Waals surface area contributed by atoms with Gasteiger partial charge in [-0.2, -0.15) is 0 Å². The molecule has 0 spiro atoms. The highest BCUT2D eigenvalue weighted by Crippen LogP contribution is 2.12. The molecule has 0 aliphatic rings. The number of carbonyl (C=O) groups is 6. The summed E-state index contributed by atoms with van der Waals surface area (Å²) in [5.41, 5.74) is 48.5. The third kappa shape index (κ3) is 34.6. The zero-order chi connectivity index (χ0) is 54.1. The number of nitrogens with zero attached hydrogens (tertiary/aromatic N) is 1. The number of rotatable bonds is 46. The van der Waals surface area contributed by atoms with E-state index in [1.807, 2.05) is 31.2 Å². The van der Waals surface area contributed by atoms with Gasteiger partial charge < -0.3 is 82.5 Å². The highest BCUT2D eigenvalue weighted by molar-refractivity contribution is 5.83. The van der Waals surface area contributed by atoms with Gasteiger partial charge in [-0.25, -0.2) is 0 Å². The second-order valence-corrected chi connectivity index (χ2v) is 19.1. The Morgan fingerprint density at radius 2 is 0.658 bits per heavy atom. The standard InChI is InChI=1S/C51H99N15O7/c1-38-22-24-39(25-23-38)73-37-36-66(34-14-32-64-50(71)44(58)20-6-12-30-62-48(69)42(56)18-4-10-28-60-46(67)40(54)16-2-8-26-52)35-15-33-65-51(72)45(59)21-7-13-31-63-49(70)43(57)19-5-11-29-61-47(68)41(55)17-3-9-27-53/h22-25,40-45H,2-21,26-37,52-59H2,1H3,(H,60,67)(H,61,68)(H,62,69)(H,63,70)(H,64,71)(H,65,72)/t40-,41-,42-,43-,44-,45-/m0/s1. The summed E-state index contributed by atoms with van der Waals surface area (Å²) in [6, 6.07) is 4.16. The Bertz CT molecular complexity index is 1560. The first-order valence-electron chi connectivity index (χ1n) is 27.1. The Balaban J connectivity index is 2.31. The molecule has 73 heavy (non-hydrogen) atoms. The van der Waals surface area contributed by atoms with Gasteiger partial charge >= 0.3 is 0 Å². The van der Waals surface area contributed by atoms with Crippen molar-refractivity contribution in [3.05, 3.63) is 29.8 Å². The van der Waals surface area contributed by atoms with Crippen LogP contribution in [-0.2, 0) is 28.8 Å². The van der Waals surface area contributed by atoms with Crippen molar-refractivity contribution in [1.29, 1.82) is 0 Å². The van der Waals surface area contributed by atoms with Crippen LogP contribution in [0.5, 0.6) is 5.75 Å². The van der Waals surface area contributed by atoms with Gasteiger partial charge in [-0.3, -0.25) is 33.7 Å². The monoisotopic (exact) mass is 1030 g/mol. The van der Waals surface area contributed by atoms with Gasteiger partial charge in [0.25, 0.3) is 0 Å². The third-order valence-electron chi connectivity index (χ3n) is 12.5. The first-order valence-corrected chi connectivity index (χ1v) is 27.1. The molecule has 0 saturated carbocycles.